The van der Waals surface area contributed by atoms with Gasteiger partial charge in [0.25, 0.3) is 0 Å². The molecule has 2 heterocycles. The largest absolute Gasteiger partial charge is 1.00 e. The standard InChI is InChI=1S/C17H23NO5.ClH/c19-17(14-3-4-15-16(13-14)22-12-11-21-15)23-8-2-1-5-18-6-9-20-10-7-18;/h3-4,13H,1-2,5-12H2;1H/p-1. The first-order chi connectivity index (χ1) is 11.3. The molecule has 2 aliphatic heterocycles. The van der Waals surface area contributed by atoms with Crippen molar-refractivity contribution in [2.24, 2.45) is 0 Å². The molecule has 3 rings (SSSR count). The van der Waals surface area contributed by atoms with Gasteiger partial charge < -0.3 is 31.4 Å². The number of nitrogens with zero attached hydrogens (tertiary/aromatic N) is 1. The molecule has 1 saturated heterocycles. The molecule has 0 radical (unpaired) electrons. The van der Waals surface area contributed by atoms with Gasteiger partial charge in [0.1, 0.15) is 13.2 Å². The van der Waals surface area contributed by atoms with Gasteiger partial charge in [-0.05, 0) is 37.6 Å². The fourth-order valence-corrected chi connectivity index (χ4v) is 2.68. The van der Waals surface area contributed by atoms with E-state index in [4.69, 9.17) is 18.9 Å². The molecule has 0 amide bonds. The monoisotopic (exact) mass is 356 g/mol. The third-order valence-electron chi connectivity index (χ3n) is 3.98. The number of hydrogen-bond acceptors (Lipinski definition) is 6. The van der Waals surface area contributed by atoms with Crippen LogP contribution in [0.3, 0.4) is 0 Å². The Morgan fingerprint density at radius 2 is 1.79 bits per heavy atom. The zero-order valence-corrected chi connectivity index (χ0v) is 14.4. The Labute approximate surface area is 148 Å². The van der Waals surface area contributed by atoms with Crippen LogP contribution in [-0.4, -0.2) is 63.5 Å². The highest BCUT2D eigenvalue weighted by molar-refractivity contribution is 5.90. The van der Waals surface area contributed by atoms with Crippen molar-refractivity contribution < 1.29 is 36.1 Å². The van der Waals surface area contributed by atoms with E-state index in [1.165, 1.54) is 0 Å². The lowest BCUT2D eigenvalue weighted by Gasteiger charge is -2.26. The van der Waals surface area contributed by atoms with E-state index >= 15 is 0 Å². The number of fused-ring (bicyclic) bond motifs is 1. The van der Waals surface area contributed by atoms with Crippen LogP contribution in [0.25, 0.3) is 0 Å². The topological polar surface area (TPSA) is 57.2 Å². The van der Waals surface area contributed by atoms with E-state index in [1.807, 2.05) is 0 Å². The van der Waals surface area contributed by atoms with Crippen LogP contribution in [0.1, 0.15) is 23.2 Å². The molecule has 1 aromatic rings. The number of benzene rings is 1. The van der Waals surface area contributed by atoms with Crippen LogP contribution in [0.5, 0.6) is 11.5 Å². The van der Waals surface area contributed by atoms with Gasteiger partial charge in [-0.3, -0.25) is 4.90 Å². The van der Waals surface area contributed by atoms with Crippen LogP contribution in [-0.2, 0) is 9.47 Å². The maximum atomic E-state index is 12.0. The van der Waals surface area contributed by atoms with Gasteiger partial charge in [-0.25, -0.2) is 4.79 Å². The number of unbranched alkanes of at least 4 members (excludes halogenated alkanes) is 1. The van der Waals surface area contributed by atoms with Gasteiger partial charge in [0.15, 0.2) is 11.5 Å². The molecule has 0 aliphatic carbocycles. The lowest BCUT2D eigenvalue weighted by Crippen LogP contribution is -3.00. The van der Waals surface area contributed by atoms with Crippen LogP contribution in [0.15, 0.2) is 18.2 Å². The smallest absolute Gasteiger partial charge is 0.338 e. The first kappa shape index (κ1) is 18.8. The second kappa shape index (κ2) is 9.71. The number of hydrogen-bond donors (Lipinski definition) is 0. The molecule has 0 spiro atoms. The maximum Gasteiger partial charge on any atom is 0.338 e. The summed E-state index contributed by atoms with van der Waals surface area (Å²) in [5.41, 5.74) is 0.502. The van der Waals surface area contributed by atoms with E-state index in [2.05, 4.69) is 4.90 Å². The lowest BCUT2D eigenvalue weighted by atomic mass is 10.2. The zero-order chi connectivity index (χ0) is 15.9. The molecule has 0 aromatic heterocycles. The predicted octanol–water partition coefficient (Wildman–Crippen LogP) is -1.27. The van der Waals surface area contributed by atoms with E-state index in [9.17, 15) is 4.79 Å². The number of ether oxygens (including phenoxy) is 4. The third-order valence-corrected chi connectivity index (χ3v) is 3.98. The van der Waals surface area contributed by atoms with Crippen molar-refractivity contribution >= 4 is 5.97 Å². The Kier molecular flexibility index (Phi) is 7.62. The van der Waals surface area contributed by atoms with Crippen molar-refractivity contribution in [2.45, 2.75) is 12.8 Å². The lowest BCUT2D eigenvalue weighted by molar-refractivity contribution is -0.0000265. The van der Waals surface area contributed by atoms with E-state index < -0.39 is 0 Å². The molecule has 7 heteroatoms. The predicted molar refractivity (Wildman–Crippen MR) is 84.2 cm³/mol. The van der Waals surface area contributed by atoms with Crippen LogP contribution in [0, 0.1) is 0 Å². The maximum absolute atomic E-state index is 12.0. The summed E-state index contributed by atoms with van der Waals surface area (Å²) in [5.74, 6) is 0.977. The molecule has 0 N–H and O–H groups in total. The SMILES string of the molecule is O=C(OCCCCN1CCOCC1)c1ccc2c(c1)OCCO2.[Cl-]. The van der Waals surface area contributed by atoms with Crippen LogP contribution < -0.4 is 21.9 Å². The second-order valence-corrected chi connectivity index (χ2v) is 5.66. The highest BCUT2D eigenvalue weighted by atomic mass is 35.5. The number of carbonyl (C=O) groups is 1. The summed E-state index contributed by atoms with van der Waals surface area (Å²) in [4.78, 5) is 14.4. The Hall–Kier alpha value is -1.50. The number of morpholine rings is 1. The van der Waals surface area contributed by atoms with E-state index in [-0.39, 0.29) is 18.4 Å². The van der Waals surface area contributed by atoms with Gasteiger partial charge in [0, 0.05) is 13.1 Å². The van der Waals surface area contributed by atoms with Gasteiger partial charge >= 0.3 is 5.97 Å². The molecule has 1 fully saturated rings. The van der Waals surface area contributed by atoms with Gasteiger partial charge in [-0.1, -0.05) is 0 Å². The fraction of sp³-hybridized carbons (Fsp3) is 0.588. The van der Waals surface area contributed by atoms with E-state index in [0.717, 1.165) is 45.7 Å². The number of halogens is 1. The summed E-state index contributed by atoms with van der Waals surface area (Å²) < 4.78 is 21.6. The number of rotatable bonds is 6. The highest BCUT2D eigenvalue weighted by Gasteiger charge is 2.15. The van der Waals surface area contributed by atoms with Crippen molar-refractivity contribution in [3.05, 3.63) is 23.8 Å². The highest BCUT2D eigenvalue weighted by Crippen LogP contribution is 2.30. The minimum absolute atomic E-state index is 0. The van der Waals surface area contributed by atoms with Gasteiger partial charge in [0.05, 0.1) is 25.4 Å². The summed E-state index contributed by atoms with van der Waals surface area (Å²) in [7, 11) is 0. The summed E-state index contributed by atoms with van der Waals surface area (Å²) in [5, 5.41) is 0. The molecule has 0 atom stereocenters. The average molecular weight is 357 g/mol. The summed E-state index contributed by atoms with van der Waals surface area (Å²) in [6.45, 7) is 6.15. The van der Waals surface area contributed by atoms with Gasteiger partial charge in [0.2, 0.25) is 0 Å². The number of esters is 1. The fourth-order valence-electron chi connectivity index (χ4n) is 2.68. The number of carbonyl (C=O) groups excluding carboxylic acids is 1. The van der Waals surface area contributed by atoms with Crippen molar-refractivity contribution in [2.75, 3.05) is 52.7 Å². The second-order valence-electron chi connectivity index (χ2n) is 5.66. The van der Waals surface area contributed by atoms with Crippen LogP contribution >= 0.6 is 0 Å². The van der Waals surface area contributed by atoms with E-state index in [0.29, 0.717) is 36.9 Å². The summed E-state index contributed by atoms with van der Waals surface area (Å²) in [6, 6.07) is 5.15. The average Bonchev–Trinajstić information content (AvgIpc) is 2.61. The zero-order valence-electron chi connectivity index (χ0n) is 13.7. The van der Waals surface area contributed by atoms with Gasteiger partial charge in [-0.2, -0.15) is 0 Å². The molecule has 1 aromatic carbocycles. The Morgan fingerprint density at radius 1 is 1.04 bits per heavy atom. The summed E-state index contributed by atoms with van der Waals surface area (Å²) >= 11 is 0. The Morgan fingerprint density at radius 3 is 2.58 bits per heavy atom. The van der Waals surface area contributed by atoms with Crippen LogP contribution in [0.4, 0.5) is 0 Å². The minimum atomic E-state index is -0.312. The first-order valence-corrected chi connectivity index (χ1v) is 8.20. The third kappa shape index (κ3) is 5.26. The molecular weight excluding hydrogens is 334 g/mol. The first-order valence-electron chi connectivity index (χ1n) is 8.20. The van der Waals surface area contributed by atoms with Gasteiger partial charge in [-0.15, -0.1) is 0 Å². The van der Waals surface area contributed by atoms with Crippen molar-refractivity contribution in [3.63, 3.8) is 0 Å². The normalized spacial score (nSPS) is 17.0. The van der Waals surface area contributed by atoms with Crippen molar-refractivity contribution in [1.82, 2.24) is 4.90 Å². The van der Waals surface area contributed by atoms with Crippen LogP contribution in [0.2, 0.25) is 0 Å². The molecule has 0 bridgehead atoms. The summed E-state index contributed by atoms with van der Waals surface area (Å²) in [6.07, 6.45) is 1.89. The van der Waals surface area contributed by atoms with Crippen molar-refractivity contribution in [1.29, 1.82) is 0 Å². The molecule has 2 aliphatic rings. The minimum Gasteiger partial charge on any atom is -1.00 e. The molecule has 0 saturated carbocycles. The van der Waals surface area contributed by atoms with Crippen molar-refractivity contribution in [3.8, 4) is 11.5 Å². The quantitative estimate of drug-likeness (QED) is 0.468. The Bertz CT molecular complexity index is 534. The van der Waals surface area contributed by atoms with E-state index in [1.54, 1.807) is 18.2 Å². The molecular formula is C17H23ClNO5-. The Balaban J connectivity index is 0.00000208. The molecule has 134 valence electrons. The molecule has 0 unspecified atom stereocenters. The molecule has 24 heavy (non-hydrogen) atoms. The molecule has 6 nitrogen and oxygen atoms in total.